The van der Waals surface area contributed by atoms with Crippen molar-refractivity contribution >= 4 is 5.82 Å². The number of benzene rings is 1. The predicted octanol–water partition coefficient (Wildman–Crippen LogP) is 1.76. The molecule has 0 saturated heterocycles. The molecule has 0 bridgehead atoms. The number of nitrogens with two attached hydrogens (primary N) is 1. The van der Waals surface area contributed by atoms with E-state index in [1.54, 1.807) is 7.05 Å². The van der Waals surface area contributed by atoms with Crippen molar-refractivity contribution in [1.82, 2.24) is 9.78 Å². The van der Waals surface area contributed by atoms with E-state index < -0.39 is 0 Å². The number of nitriles is 1. The fourth-order valence-corrected chi connectivity index (χ4v) is 1.60. The van der Waals surface area contributed by atoms with E-state index >= 15 is 0 Å². The van der Waals surface area contributed by atoms with E-state index in [1.807, 2.05) is 37.3 Å². The minimum atomic E-state index is 0.233. The van der Waals surface area contributed by atoms with E-state index in [-0.39, 0.29) is 6.61 Å². The molecular weight excluding hydrogens is 228 g/mol. The summed E-state index contributed by atoms with van der Waals surface area (Å²) in [6.07, 6.45) is 0. The van der Waals surface area contributed by atoms with Gasteiger partial charge in [-0.2, -0.15) is 10.4 Å². The Morgan fingerprint density at radius 1 is 1.39 bits per heavy atom. The topological polar surface area (TPSA) is 76.9 Å². The predicted molar refractivity (Wildman–Crippen MR) is 67.8 cm³/mol. The first-order valence-electron chi connectivity index (χ1n) is 5.52. The standard InChI is InChI=1S/C13H14N4O/c1-9-3-5-10(6-4-9)18-8-12-11(7-14)13(15)17(2)16-12/h3-6H,8,15H2,1-2H3. The first-order chi connectivity index (χ1) is 8.61. The normalized spacial score (nSPS) is 10.1. The summed E-state index contributed by atoms with van der Waals surface area (Å²) in [7, 11) is 1.70. The van der Waals surface area contributed by atoms with Crippen molar-refractivity contribution in [3.8, 4) is 11.8 Å². The van der Waals surface area contributed by atoms with Gasteiger partial charge >= 0.3 is 0 Å². The Bertz CT molecular complexity index is 593. The van der Waals surface area contributed by atoms with Gasteiger partial charge in [0.25, 0.3) is 0 Å². The Morgan fingerprint density at radius 2 is 2.06 bits per heavy atom. The lowest BCUT2D eigenvalue weighted by molar-refractivity contribution is 0.299. The van der Waals surface area contributed by atoms with E-state index in [0.29, 0.717) is 17.1 Å². The number of anilines is 1. The van der Waals surface area contributed by atoms with E-state index in [4.69, 9.17) is 15.7 Å². The Labute approximate surface area is 105 Å². The van der Waals surface area contributed by atoms with Gasteiger partial charge in [-0.1, -0.05) is 17.7 Å². The van der Waals surface area contributed by atoms with Crippen LogP contribution in [-0.4, -0.2) is 9.78 Å². The number of rotatable bonds is 3. The maximum atomic E-state index is 9.01. The van der Waals surface area contributed by atoms with Crippen molar-refractivity contribution < 1.29 is 4.74 Å². The lowest BCUT2D eigenvalue weighted by atomic mass is 10.2. The van der Waals surface area contributed by atoms with Crippen LogP contribution in [0.25, 0.3) is 0 Å². The largest absolute Gasteiger partial charge is 0.487 e. The molecular formula is C13H14N4O. The number of hydrogen-bond donors (Lipinski definition) is 1. The quantitative estimate of drug-likeness (QED) is 0.889. The van der Waals surface area contributed by atoms with Crippen molar-refractivity contribution in [2.45, 2.75) is 13.5 Å². The van der Waals surface area contributed by atoms with Crippen molar-refractivity contribution in [1.29, 1.82) is 5.26 Å². The summed E-state index contributed by atoms with van der Waals surface area (Å²) in [5.41, 5.74) is 7.83. The summed E-state index contributed by atoms with van der Waals surface area (Å²) < 4.78 is 7.05. The van der Waals surface area contributed by atoms with Crippen LogP contribution in [0.3, 0.4) is 0 Å². The van der Waals surface area contributed by atoms with Crippen LogP contribution in [0.2, 0.25) is 0 Å². The van der Waals surface area contributed by atoms with E-state index in [2.05, 4.69) is 5.10 Å². The molecule has 0 amide bonds. The monoisotopic (exact) mass is 242 g/mol. The Morgan fingerprint density at radius 3 is 2.67 bits per heavy atom. The maximum absolute atomic E-state index is 9.01. The van der Waals surface area contributed by atoms with Crippen LogP contribution in [0.15, 0.2) is 24.3 Å². The van der Waals surface area contributed by atoms with Gasteiger partial charge in [-0.25, -0.2) is 0 Å². The summed E-state index contributed by atoms with van der Waals surface area (Å²) in [5, 5.41) is 13.2. The molecule has 5 nitrogen and oxygen atoms in total. The van der Waals surface area contributed by atoms with Crippen molar-refractivity contribution in [3.63, 3.8) is 0 Å². The highest BCUT2D eigenvalue weighted by Gasteiger charge is 2.13. The Kier molecular flexibility index (Phi) is 3.20. The number of ether oxygens (including phenoxy) is 1. The summed E-state index contributed by atoms with van der Waals surface area (Å²) in [6, 6.07) is 9.74. The van der Waals surface area contributed by atoms with Crippen LogP contribution >= 0.6 is 0 Å². The van der Waals surface area contributed by atoms with E-state index in [9.17, 15) is 0 Å². The summed E-state index contributed by atoms with van der Waals surface area (Å²) in [6.45, 7) is 2.24. The van der Waals surface area contributed by atoms with Gasteiger partial charge in [0, 0.05) is 7.05 Å². The third kappa shape index (κ3) is 2.28. The molecule has 5 heteroatoms. The second-order valence-electron chi connectivity index (χ2n) is 4.04. The summed E-state index contributed by atoms with van der Waals surface area (Å²) >= 11 is 0. The highest BCUT2D eigenvalue weighted by atomic mass is 16.5. The smallest absolute Gasteiger partial charge is 0.139 e. The van der Waals surface area contributed by atoms with Crippen LogP contribution in [0.5, 0.6) is 5.75 Å². The average Bonchev–Trinajstić information content (AvgIpc) is 2.64. The fourth-order valence-electron chi connectivity index (χ4n) is 1.60. The molecule has 92 valence electrons. The van der Waals surface area contributed by atoms with E-state index in [1.165, 1.54) is 10.2 Å². The minimum Gasteiger partial charge on any atom is -0.487 e. The molecule has 1 aromatic heterocycles. The van der Waals surface area contributed by atoms with Gasteiger partial charge in [-0.3, -0.25) is 4.68 Å². The fraction of sp³-hybridized carbons (Fsp3) is 0.231. The second-order valence-corrected chi connectivity index (χ2v) is 4.04. The van der Waals surface area contributed by atoms with Crippen LogP contribution < -0.4 is 10.5 Å². The highest BCUT2D eigenvalue weighted by Crippen LogP contribution is 2.18. The summed E-state index contributed by atoms with van der Waals surface area (Å²) in [4.78, 5) is 0. The third-order valence-corrected chi connectivity index (χ3v) is 2.67. The van der Waals surface area contributed by atoms with Gasteiger partial charge in [0.2, 0.25) is 0 Å². The third-order valence-electron chi connectivity index (χ3n) is 2.67. The van der Waals surface area contributed by atoms with Crippen LogP contribution in [-0.2, 0) is 13.7 Å². The number of aromatic nitrogens is 2. The molecule has 2 rings (SSSR count). The average molecular weight is 242 g/mol. The molecule has 0 unspecified atom stereocenters. The van der Waals surface area contributed by atoms with Gasteiger partial charge in [-0.05, 0) is 19.1 Å². The first kappa shape index (κ1) is 12.0. The molecule has 18 heavy (non-hydrogen) atoms. The Hall–Kier alpha value is -2.48. The number of nitrogen functional groups attached to an aromatic ring is 1. The van der Waals surface area contributed by atoms with E-state index in [0.717, 1.165) is 5.75 Å². The maximum Gasteiger partial charge on any atom is 0.139 e. The van der Waals surface area contributed by atoms with Crippen molar-refractivity contribution in [3.05, 3.63) is 41.1 Å². The number of hydrogen-bond acceptors (Lipinski definition) is 4. The van der Waals surface area contributed by atoms with Gasteiger partial charge in [0.15, 0.2) is 0 Å². The van der Waals surface area contributed by atoms with Gasteiger partial charge < -0.3 is 10.5 Å². The Balaban J connectivity index is 2.13. The zero-order valence-corrected chi connectivity index (χ0v) is 10.3. The summed E-state index contributed by atoms with van der Waals surface area (Å²) in [5.74, 6) is 1.11. The lowest BCUT2D eigenvalue weighted by Crippen LogP contribution is -1.99. The molecule has 2 aromatic rings. The zero-order chi connectivity index (χ0) is 13.1. The second kappa shape index (κ2) is 4.80. The molecule has 0 aliphatic carbocycles. The van der Waals surface area contributed by atoms with Gasteiger partial charge in [-0.15, -0.1) is 0 Å². The number of aryl methyl sites for hydroxylation is 2. The minimum absolute atomic E-state index is 0.233. The molecule has 2 N–H and O–H groups in total. The molecule has 0 atom stereocenters. The van der Waals surface area contributed by atoms with Gasteiger partial charge in [0.05, 0.1) is 0 Å². The SMILES string of the molecule is Cc1ccc(OCc2nn(C)c(N)c2C#N)cc1. The van der Waals surface area contributed by atoms with Crippen LogP contribution in [0.1, 0.15) is 16.8 Å². The van der Waals surface area contributed by atoms with Crippen LogP contribution in [0, 0.1) is 18.3 Å². The molecule has 1 heterocycles. The molecule has 1 aromatic carbocycles. The van der Waals surface area contributed by atoms with Gasteiger partial charge in [0.1, 0.15) is 35.5 Å². The molecule has 0 spiro atoms. The molecule has 0 saturated carbocycles. The molecule has 0 aliphatic heterocycles. The van der Waals surface area contributed by atoms with Crippen LogP contribution in [0.4, 0.5) is 5.82 Å². The lowest BCUT2D eigenvalue weighted by Gasteiger charge is -2.04. The first-order valence-corrected chi connectivity index (χ1v) is 5.52. The molecule has 0 radical (unpaired) electrons. The molecule has 0 fully saturated rings. The molecule has 0 aliphatic rings. The zero-order valence-electron chi connectivity index (χ0n) is 10.3. The number of nitrogens with zero attached hydrogens (tertiary/aromatic N) is 3. The van der Waals surface area contributed by atoms with Crippen molar-refractivity contribution in [2.75, 3.05) is 5.73 Å². The van der Waals surface area contributed by atoms with Crippen molar-refractivity contribution in [2.24, 2.45) is 7.05 Å². The highest BCUT2D eigenvalue weighted by molar-refractivity contribution is 5.51.